The smallest absolute Gasteiger partial charge is 0.281 e. The zero-order valence-corrected chi connectivity index (χ0v) is 12.7. The van der Waals surface area contributed by atoms with E-state index in [0.717, 1.165) is 6.54 Å². The van der Waals surface area contributed by atoms with E-state index in [1.165, 1.54) is 17.0 Å². The summed E-state index contributed by atoms with van der Waals surface area (Å²) < 4.78 is 7.78. The Morgan fingerprint density at radius 2 is 2.05 bits per heavy atom. The van der Waals surface area contributed by atoms with Crippen LogP contribution in [-0.4, -0.2) is 48.8 Å². The van der Waals surface area contributed by atoms with Crippen molar-refractivity contribution < 1.29 is 9.31 Å². The van der Waals surface area contributed by atoms with Crippen LogP contribution in [0.5, 0.6) is 0 Å². The summed E-state index contributed by atoms with van der Waals surface area (Å²) in [6.07, 6.45) is 0. The van der Waals surface area contributed by atoms with Gasteiger partial charge in [-0.3, -0.25) is 4.58 Å². The third-order valence-corrected chi connectivity index (χ3v) is 3.92. The van der Waals surface area contributed by atoms with Crippen LogP contribution in [0.4, 0.5) is 0 Å². The van der Waals surface area contributed by atoms with Crippen molar-refractivity contribution in [3.63, 3.8) is 0 Å². The Morgan fingerprint density at radius 3 is 2.63 bits per heavy atom. The molecule has 1 atom stereocenters. The molecule has 2 rings (SSSR count). The third-order valence-electron chi connectivity index (χ3n) is 3.92. The van der Waals surface area contributed by atoms with Gasteiger partial charge in [-0.2, -0.15) is 0 Å². The van der Waals surface area contributed by atoms with E-state index in [-0.39, 0.29) is 0 Å². The molecule has 0 aromatic heterocycles. The number of benzene rings is 1. The van der Waals surface area contributed by atoms with Crippen LogP contribution < -0.4 is 0 Å². The number of likely N-dealkylation sites (N-methyl/N-ethyl adjacent to an activating group) is 1. The first kappa shape index (κ1) is 14.1. The van der Waals surface area contributed by atoms with Gasteiger partial charge in [-0.1, -0.05) is 32.0 Å². The number of nitrogens with zero attached hydrogens (tertiary/aromatic N) is 2. The van der Waals surface area contributed by atoms with Crippen LogP contribution in [0.2, 0.25) is 0 Å². The minimum Gasteiger partial charge on any atom is -0.345 e. The Kier molecular flexibility index (Phi) is 4.25. The third kappa shape index (κ3) is 2.66. The van der Waals surface area contributed by atoms with Crippen molar-refractivity contribution in [2.75, 3.05) is 27.4 Å². The van der Waals surface area contributed by atoms with E-state index < -0.39 is 0 Å². The van der Waals surface area contributed by atoms with Crippen LogP contribution in [-0.2, 0) is 4.74 Å². The summed E-state index contributed by atoms with van der Waals surface area (Å²) in [6.45, 7) is 8.44. The Bertz CT molecular complexity index is 479. The summed E-state index contributed by atoms with van der Waals surface area (Å²) >= 11 is 0. The second kappa shape index (κ2) is 5.74. The molecule has 1 aliphatic rings. The topological polar surface area (TPSA) is 15.5 Å². The number of amidine groups is 1. The lowest BCUT2D eigenvalue weighted by Crippen LogP contribution is -2.41. The van der Waals surface area contributed by atoms with Crippen molar-refractivity contribution in [2.45, 2.75) is 26.8 Å². The van der Waals surface area contributed by atoms with Gasteiger partial charge in [0, 0.05) is 7.11 Å². The fourth-order valence-corrected chi connectivity index (χ4v) is 2.89. The van der Waals surface area contributed by atoms with Gasteiger partial charge >= 0.3 is 0 Å². The SMILES string of the molecule is COCN1C(c2ccccc2C)=[N+](C)C[C@@H]1C(C)C. The molecule has 19 heavy (non-hydrogen) atoms. The zero-order chi connectivity index (χ0) is 14.0. The van der Waals surface area contributed by atoms with Crippen LogP contribution >= 0.6 is 0 Å². The standard InChI is InChI=1S/C16H25N2O/c1-12(2)15-10-17(4)16(18(15)11-19-5)14-9-7-6-8-13(14)3/h6-9,12,15H,10-11H2,1-5H3/q+1/t15-/m1/s1. The number of hydrogen-bond donors (Lipinski definition) is 0. The molecule has 0 N–H and O–H groups in total. The highest BCUT2D eigenvalue weighted by Crippen LogP contribution is 2.22. The highest BCUT2D eigenvalue weighted by atomic mass is 16.5. The maximum absolute atomic E-state index is 5.42. The molecule has 104 valence electrons. The molecule has 3 heteroatoms. The molecule has 1 heterocycles. The van der Waals surface area contributed by atoms with E-state index in [0.29, 0.717) is 18.7 Å². The van der Waals surface area contributed by atoms with Crippen molar-refractivity contribution in [1.82, 2.24) is 4.90 Å². The number of methoxy groups -OCH3 is 1. The highest BCUT2D eigenvalue weighted by molar-refractivity contribution is 5.97. The molecule has 0 aliphatic carbocycles. The van der Waals surface area contributed by atoms with Gasteiger partial charge in [-0.05, 0) is 24.5 Å². The monoisotopic (exact) mass is 261 g/mol. The van der Waals surface area contributed by atoms with E-state index in [1.807, 2.05) is 0 Å². The molecular weight excluding hydrogens is 236 g/mol. The molecule has 0 spiro atoms. The van der Waals surface area contributed by atoms with E-state index in [4.69, 9.17) is 4.74 Å². The molecule has 0 unspecified atom stereocenters. The molecule has 0 saturated heterocycles. The molecule has 0 amide bonds. The number of ether oxygens (including phenoxy) is 1. The number of rotatable bonds is 4. The summed E-state index contributed by atoms with van der Waals surface area (Å²) in [5.41, 5.74) is 2.63. The summed E-state index contributed by atoms with van der Waals surface area (Å²) in [4.78, 5) is 2.40. The number of aryl methyl sites for hydroxylation is 1. The Balaban J connectivity index is 2.42. The number of hydrogen-bond acceptors (Lipinski definition) is 2. The van der Waals surface area contributed by atoms with Crippen LogP contribution in [0, 0.1) is 12.8 Å². The van der Waals surface area contributed by atoms with E-state index in [2.05, 4.69) is 61.6 Å². The van der Waals surface area contributed by atoms with E-state index in [1.54, 1.807) is 7.11 Å². The zero-order valence-electron chi connectivity index (χ0n) is 12.7. The Labute approximate surface area is 116 Å². The van der Waals surface area contributed by atoms with Gasteiger partial charge in [0.1, 0.15) is 12.6 Å². The van der Waals surface area contributed by atoms with E-state index in [9.17, 15) is 0 Å². The molecule has 0 radical (unpaired) electrons. The average Bonchev–Trinajstić information content (AvgIpc) is 2.68. The molecule has 1 aromatic carbocycles. The van der Waals surface area contributed by atoms with Crippen LogP contribution in [0.25, 0.3) is 0 Å². The van der Waals surface area contributed by atoms with Crippen molar-refractivity contribution >= 4 is 5.84 Å². The largest absolute Gasteiger partial charge is 0.345 e. The highest BCUT2D eigenvalue weighted by Gasteiger charge is 2.41. The van der Waals surface area contributed by atoms with Gasteiger partial charge in [-0.15, -0.1) is 0 Å². The Morgan fingerprint density at radius 1 is 1.37 bits per heavy atom. The minimum absolute atomic E-state index is 0.513. The first-order chi connectivity index (χ1) is 9.06. The molecule has 0 bridgehead atoms. The second-order valence-electron chi connectivity index (χ2n) is 5.72. The molecular formula is C16H25N2O+. The lowest BCUT2D eigenvalue weighted by atomic mass is 10.0. The molecule has 0 saturated carbocycles. The van der Waals surface area contributed by atoms with Gasteiger partial charge < -0.3 is 4.74 Å². The van der Waals surface area contributed by atoms with E-state index >= 15 is 0 Å². The fraction of sp³-hybridized carbons (Fsp3) is 0.562. The molecule has 0 fully saturated rings. The van der Waals surface area contributed by atoms with Gasteiger partial charge in [0.2, 0.25) is 0 Å². The van der Waals surface area contributed by atoms with Gasteiger partial charge in [0.15, 0.2) is 6.73 Å². The first-order valence-electron chi connectivity index (χ1n) is 6.96. The van der Waals surface area contributed by atoms with Gasteiger partial charge in [0.25, 0.3) is 5.84 Å². The quantitative estimate of drug-likeness (QED) is 0.773. The molecule has 3 nitrogen and oxygen atoms in total. The minimum atomic E-state index is 0.513. The normalized spacial score (nSPS) is 19.7. The molecule has 1 aromatic rings. The summed E-state index contributed by atoms with van der Waals surface area (Å²) in [7, 11) is 3.94. The summed E-state index contributed by atoms with van der Waals surface area (Å²) in [5.74, 6) is 1.90. The van der Waals surface area contributed by atoms with Crippen molar-refractivity contribution in [3.05, 3.63) is 35.4 Å². The maximum atomic E-state index is 5.42. The van der Waals surface area contributed by atoms with Crippen molar-refractivity contribution in [2.24, 2.45) is 5.92 Å². The van der Waals surface area contributed by atoms with Gasteiger partial charge in [0.05, 0.1) is 12.6 Å². The lowest BCUT2D eigenvalue weighted by Gasteiger charge is -2.22. The van der Waals surface area contributed by atoms with Crippen molar-refractivity contribution in [1.29, 1.82) is 0 Å². The predicted molar refractivity (Wildman–Crippen MR) is 78.7 cm³/mol. The second-order valence-corrected chi connectivity index (χ2v) is 5.72. The van der Waals surface area contributed by atoms with Gasteiger partial charge in [-0.25, -0.2) is 4.90 Å². The fourth-order valence-electron chi connectivity index (χ4n) is 2.89. The average molecular weight is 261 g/mol. The lowest BCUT2D eigenvalue weighted by molar-refractivity contribution is -0.490. The summed E-state index contributed by atoms with van der Waals surface area (Å²) in [5, 5.41) is 0. The van der Waals surface area contributed by atoms with Crippen LogP contribution in [0.1, 0.15) is 25.0 Å². The molecule has 1 aliphatic heterocycles. The van der Waals surface area contributed by atoms with Crippen LogP contribution in [0.3, 0.4) is 0 Å². The Hall–Kier alpha value is -1.35. The van der Waals surface area contributed by atoms with Crippen LogP contribution in [0.15, 0.2) is 24.3 Å². The van der Waals surface area contributed by atoms with Crippen molar-refractivity contribution in [3.8, 4) is 0 Å². The first-order valence-corrected chi connectivity index (χ1v) is 6.96. The maximum Gasteiger partial charge on any atom is 0.281 e. The summed E-state index contributed by atoms with van der Waals surface area (Å²) in [6, 6.07) is 9.09. The predicted octanol–water partition coefficient (Wildman–Crippen LogP) is 2.33.